The van der Waals surface area contributed by atoms with Gasteiger partial charge in [-0.2, -0.15) is 0 Å². The van der Waals surface area contributed by atoms with Gasteiger partial charge in [-0.25, -0.2) is 24.5 Å². The number of nitrogens with zero attached hydrogens (tertiary/aromatic N) is 6. The van der Waals surface area contributed by atoms with Crippen LogP contribution in [0, 0.1) is 0 Å². The molecule has 2 amide bonds. The number of ether oxygens (including phenoxy) is 2. The Morgan fingerprint density at radius 1 is 0.642 bits per heavy atom. The zero-order valence-electron chi connectivity index (χ0n) is 31.6. The lowest BCUT2D eigenvalue weighted by atomic mass is 10.0. The Labute approximate surface area is 310 Å². The van der Waals surface area contributed by atoms with Crippen molar-refractivity contribution in [2.24, 2.45) is 0 Å². The topological polar surface area (TPSA) is 142 Å². The van der Waals surface area contributed by atoms with Crippen molar-refractivity contribution in [3.8, 4) is 33.6 Å². The second-order valence-electron chi connectivity index (χ2n) is 16.1. The molecule has 0 spiro atoms. The summed E-state index contributed by atoms with van der Waals surface area (Å²) in [7, 11) is 0. The fraction of sp³-hybridized carbons (Fsp3) is 0.463. The minimum absolute atomic E-state index is 0.130. The Bertz CT molecular complexity index is 2060. The summed E-state index contributed by atoms with van der Waals surface area (Å²) in [4.78, 5) is 55.5. The van der Waals surface area contributed by atoms with E-state index in [1.54, 1.807) is 11.1 Å². The third-order valence-corrected chi connectivity index (χ3v) is 9.68. The van der Waals surface area contributed by atoms with E-state index in [2.05, 4.69) is 50.3 Å². The van der Waals surface area contributed by atoms with Crippen molar-refractivity contribution in [3.05, 3.63) is 72.7 Å². The predicted octanol–water partition coefficient (Wildman–Crippen LogP) is 9.39. The van der Waals surface area contributed by atoms with Crippen molar-refractivity contribution in [2.45, 2.75) is 110 Å². The van der Waals surface area contributed by atoms with Crippen molar-refractivity contribution >= 4 is 23.4 Å². The van der Waals surface area contributed by atoms with Crippen LogP contribution in [0.4, 0.5) is 9.59 Å². The van der Waals surface area contributed by atoms with E-state index in [0.29, 0.717) is 18.7 Å². The number of benzene rings is 1. The number of aromatic nitrogens is 6. The first-order chi connectivity index (χ1) is 25.3. The van der Waals surface area contributed by atoms with Crippen LogP contribution in [-0.4, -0.2) is 76.2 Å². The highest BCUT2D eigenvalue weighted by atomic mass is 16.6. The molecule has 2 aliphatic rings. The normalized spacial score (nSPS) is 18.5. The molecule has 2 aliphatic heterocycles. The Hall–Kier alpha value is -5.26. The first kappa shape index (κ1) is 36.1. The minimum Gasteiger partial charge on any atom is -0.444 e. The summed E-state index contributed by atoms with van der Waals surface area (Å²) >= 11 is 0. The van der Waals surface area contributed by atoms with Gasteiger partial charge in [-0.05, 0) is 90.5 Å². The van der Waals surface area contributed by atoms with Crippen LogP contribution < -0.4 is 0 Å². The molecule has 0 radical (unpaired) electrons. The number of hydrogen-bond acceptors (Lipinski definition) is 8. The van der Waals surface area contributed by atoms with Crippen LogP contribution in [0.3, 0.4) is 0 Å². The van der Waals surface area contributed by atoms with E-state index in [0.717, 1.165) is 95.8 Å². The van der Waals surface area contributed by atoms with Gasteiger partial charge in [0, 0.05) is 36.6 Å². The van der Waals surface area contributed by atoms with Crippen molar-refractivity contribution in [1.82, 2.24) is 39.7 Å². The molecule has 0 bridgehead atoms. The lowest BCUT2D eigenvalue weighted by molar-refractivity contribution is 0.0120. The molecule has 2 N–H and O–H groups in total. The summed E-state index contributed by atoms with van der Waals surface area (Å²) < 4.78 is 11.4. The summed E-state index contributed by atoms with van der Waals surface area (Å²) in [5, 5.41) is 0. The summed E-state index contributed by atoms with van der Waals surface area (Å²) in [6.45, 7) is 12.6. The smallest absolute Gasteiger partial charge is 0.410 e. The van der Waals surface area contributed by atoms with Crippen LogP contribution in [0.5, 0.6) is 0 Å². The van der Waals surface area contributed by atoms with E-state index >= 15 is 0 Å². The summed E-state index contributed by atoms with van der Waals surface area (Å²) in [6, 6.07) is 14.0. The molecule has 278 valence electrons. The third kappa shape index (κ3) is 8.37. The number of hydrogen-bond donors (Lipinski definition) is 2. The van der Waals surface area contributed by atoms with Crippen molar-refractivity contribution in [2.75, 3.05) is 13.1 Å². The molecule has 0 saturated carbocycles. The summed E-state index contributed by atoms with van der Waals surface area (Å²) in [5.41, 5.74) is 5.91. The monoisotopic (exact) mass is 718 g/mol. The largest absolute Gasteiger partial charge is 0.444 e. The molecule has 1 aromatic carbocycles. The molecule has 2 saturated heterocycles. The van der Waals surface area contributed by atoms with Crippen LogP contribution in [-0.2, 0) is 9.47 Å². The molecule has 4 aromatic heterocycles. The molecule has 2 unspecified atom stereocenters. The summed E-state index contributed by atoms with van der Waals surface area (Å²) in [6.07, 6.45) is 11.6. The molecule has 53 heavy (non-hydrogen) atoms. The average molecular weight is 719 g/mol. The Morgan fingerprint density at radius 3 is 1.92 bits per heavy atom. The van der Waals surface area contributed by atoms with Crippen molar-refractivity contribution in [3.63, 3.8) is 0 Å². The molecular weight excluding hydrogens is 669 g/mol. The molecular formula is C41H50N8O4. The number of nitrogens with one attached hydrogen (secondary N) is 2. The van der Waals surface area contributed by atoms with Crippen molar-refractivity contribution in [1.29, 1.82) is 0 Å². The quantitative estimate of drug-likeness (QED) is 0.183. The zero-order chi connectivity index (χ0) is 37.3. The van der Waals surface area contributed by atoms with Gasteiger partial charge < -0.3 is 19.4 Å². The highest BCUT2D eigenvalue weighted by molar-refractivity contribution is 5.78. The lowest BCUT2D eigenvalue weighted by Crippen LogP contribution is -2.40. The number of H-pyrrole nitrogens is 2. The molecule has 12 nitrogen and oxygen atoms in total. The van der Waals surface area contributed by atoms with Crippen molar-refractivity contribution < 1.29 is 19.1 Å². The number of aromatic amines is 2. The third-order valence-electron chi connectivity index (χ3n) is 9.68. The van der Waals surface area contributed by atoms with Gasteiger partial charge in [0.2, 0.25) is 0 Å². The van der Waals surface area contributed by atoms with Crippen LogP contribution in [0.25, 0.3) is 44.8 Å². The maximum absolute atomic E-state index is 13.3. The van der Waals surface area contributed by atoms with E-state index in [1.807, 2.05) is 71.0 Å². The number of rotatable bonds is 5. The van der Waals surface area contributed by atoms with Gasteiger partial charge in [0.1, 0.15) is 22.9 Å². The van der Waals surface area contributed by atoms with E-state index < -0.39 is 11.2 Å². The molecule has 7 rings (SSSR count). The molecule has 2 fully saturated rings. The van der Waals surface area contributed by atoms with Crippen LogP contribution in [0.2, 0.25) is 0 Å². The van der Waals surface area contributed by atoms with Gasteiger partial charge in [-0.15, -0.1) is 0 Å². The minimum atomic E-state index is -0.574. The van der Waals surface area contributed by atoms with E-state index in [1.165, 1.54) is 0 Å². The van der Waals surface area contributed by atoms with E-state index in [9.17, 15) is 9.59 Å². The number of pyridine rings is 2. The molecule has 5 aromatic rings. The highest BCUT2D eigenvalue weighted by Crippen LogP contribution is 2.34. The standard InChI is InChI=1S/C41H50N8O4/c1-40(2,3)52-38(50)48-20-10-8-7-9-12-34(48)37-45-31-22-29(24-43-35(31)47-37)30-19-18-28(23-42-30)26-14-16-27(17-15-26)32-25-44-36(46-32)33-13-11-21-49(33)39(51)53-41(4,5)6/h14-19,22-25,33-34H,7-13,20-21H2,1-6H3,(H,44,46)(H,43,45,47). The Morgan fingerprint density at radius 2 is 1.25 bits per heavy atom. The number of carbonyl (C=O) groups excluding carboxylic acids is 2. The molecule has 6 heterocycles. The first-order valence-corrected chi connectivity index (χ1v) is 18.8. The van der Waals surface area contributed by atoms with Crippen LogP contribution in [0.15, 0.2) is 61.1 Å². The van der Waals surface area contributed by atoms with E-state index in [4.69, 9.17) is 19.4 Å². The van der Waals surface area contributed by atoms with Gasteiger partial charge >= 0.3 is 12.2 Å². The SMILES string of the molecule is CC(C)(C)OC(=O)N1CCCC1c1ncc(-c2ccc(-c3ccc(-c4cnc5nc(C6CCCCCCN6C(=O)OC(C)(C)C)[nH]c5c4)nc3)cc2)[nH]1. The molecule has 12 heteroatoms. The van der Waals surface area contributed by atoms with E-state index in [-0.39, 0.29) is 24.3 Å². The van der Waals surface area contributed by atoms with Gasteiger partial charge in [-0.1, -0.05) is 49.6 Å². The van der Waals surface area contributed by atoms with Gasteiger partial charge in [0.25, 0.3) is 0 Å². The Kier molecular flexibility index (Phi) is 9.97. The molecule has 2 atom stereocenters. The molecule has 0 aliphatic carbocycles. The number of amides is 2. The zero-order valence-corrected chi connectivity index (χ0v) is 31.6. The highest BCUT2D eigenvalue weighted by Gasteiger charge is 2.35. The lowest BCUT2D eigenvalue weighted by Gasteiger charge is -2.34. The Balaban J connectivity index is 1.04. The van der Waals surface area contributed by atoms with Crippen LogP contribution in [0.1, 0.15) is 110 Å². The fourth-order valence-corrected chi connectivity index (χ4v) is 7.15. The number of likely N-dealkylation sites (tertiary alicyclic amines) is 2. The number of carbonyl (C=O) groups is 2. The number of imidazole rings is 2. The maximum Gasteiger partial charge on any atom is 0.410 e. The second kappa shape index (κ2) is 14.6. The maximum atomic E-state index is 13.3. The number of fused-ring (bicyclic) bond motifs is 1. The summed E-state index contributed by atoms with van der Waals surface area (Å²) in [5.74, 6) is 1.51. The first-order valence-electron chi connectivity index (χ1n) is 18.8. The second-order valence-corrected chi connectivity index (χ2v) is 16.1. The van der Waals surface area contributed by atoms with Gasteiger partial charge in [-0.3, -0.25) is 14.8 Å². The van der Waals surface area contributed by atoms with Gasteiger partial charge in [0.15, 0.2) is 5.65 Å². The van der Waals surface area contributed by atoms with Gasteiger partial charge in [0.05, 0.1) is 35.2 Å². The van der Waals surface area contributed by atoms with Crippen LogP contribution >= 0.6 is 0 Å². The predicted molar refractivity (Wildman–Crippen MR) is 204 cm³/mol. The fourth-order valence-electron chi connectivity index (χ4n) is 7.15. The average Bonchev–Trinajstić information content (AvgIpc) is 3.86.